The van der Waals surface area contributed by atoms with Crippen LogP contribution in [0.3, 0.4) is 0 Å². The molecule has 0 unspecified atom stereocenters. The first-order valence-corrected chi connectivity index (χ1v) is 9.91. The number of hydrazine groups is 1. The number of carbonyl (C=O) groups excluding carboxylic acids is 1. The standard InChI is InChI=1S/C20H31N3O3S/c1-13-6-5-7-18(14(13)2)21-20(27)23-22-19(24)9-8-15-10-16(25-3)12-17(11-15)26-4/h10-14,18H,5-9H2,1-4H3,(H,22,24)(H2,21,23,27)/t13-,14+,18-/m0/s1. The zero-order chi connectivity index (χ0) is 19.8. The molecule has 1 aromatic rings. The van der Waals surface area contributed by atoms with Crippen molar-refractivity contribution in [1.29, 1.82) is 0 Å². The molecule has 1 aliphatic carbocycles. The Morgan fingerprint density at radius 1 is 1.11 bits per heavy atom. The summed E-state index contributed by atoms with van der Waals surface area (Å²) in [5, 5.41) is 3.80. The van der Waals surface area contributed by atoms with E-state index in [1.165, 1.54) is 12.8 Å². The van der Waals surface area contributed by atoms with Crippen LogP contribution in [-0.4, -0.2) is 31.3 Å². The molecule has 3 atom stereocenters. The van der Waals surface area contributed by atoms with Crippen molar-refractivity contribution in [3.8, 4) is 11.5 Å². The minimum atomic E-state index is -0.119. The Labute approximate surface area is 167 Å². The first-order valence-electron chi connectivity index (χ1n) is 9.50. The van der Waals surface area contributed by atoms with Gasteiger partial charge < -0.3 is 14.8 Å². The number of benzene rings is 1. The van der Waals surface area contributed by atoms with Crippen molar-refractivity contribution in [3.63, 3.8) is 0 Å². The fourth-order valence-corrected chi connectivity index (χ4v) is 3.65. The van der Waals surface area contributed by atoms with Gasteiger partial charge in [-0.15, -0.1) is 0 Å². The summed E-state index contributed by atoms with van der Waals surface area (Å²) < 4.78 is 10.5. The van der Waals surface area contributed by atoms with Crippen molar-refractivity contribution in [2.45, 2.75) is 52.0 Å². The number of amides is 1. The molecule has 150 valence electrons. The molecular weight excluding hydrogens is 362 g/mol. The van der Waals surface area contributed by atoms with Gasteiger partial charge in [-0.1, -0.05) is 26.7 Å². The van der Waals surface area contributed by atoms with E-state index >= 15 is 0 Å². The normalized spacial score (nSPS) is 21.9. The summed E-state index contributed by atoms with van der Waals surface area (Å²) in [5.41, 5.74) is 6.47. The highest BCUT2D eigenvalue weighted by Gasteiger charge is 2.27. The first kappa shape index (κ1) is 21.3. The molecule has 1 aliphatic rings. The summed E-state index contributed by atoms with van der Waals surface area (Å²) >= 11 is 5.32. The van der Waals surface area contributed by atoms with E-state index in [1.54, 1.807) is 14.2 Å². The van der Waals surface area contributed by atoms with E-state index < -0.39 is 0 Å². The predicted molar refractivity (Wildman–Crippen MR) is 111 cm³/mol. The summed E-state index contributed by atoms with van der Waals surface area (Å²) in [7, 11) is 3.22. The molecule has 1 fully saturated rings. The Balaban J connectivity index is 1.75. The van der Waals surface area contributed by atoms with Crippen molar-refractivity contribution in [1.82, 2.24) is 16.2 Å². The van der Waals surface area contributed by atoms with Gasteiger partial charge in [-0.3, -0.25) is 15.6 Å². The molecule has 2 rings (SSSR count). The van der Waals surface area contributed by atoms with Gasteiger partial charge in [0, 0.05) is 18.5 Å². The van der Waals surface area contributed by atoms with Gasteiger partial charge in [0.25, 0.3) is 0 Å². The maximum atomic E-state index is 12.1. The van der Waals surface area contributed by atoms with E-state index in [2.05, 4.69) is 30.0 Å². The van der Waals surface area contributed by atoms with Crippen LogP contribution in [0.2, 0.25) is 0 Å². The second kappa shape index (κ2) is 10.3. The summed E-state index contributed by atoms with van der Waals surface area (Å²) in [4.78, 5) is 12.1. The zero-order valence-corrected chi connectivity index (χ0v) is 17.4. The quantitative estimate of drug-likeness (QED) is 0.510. The number of hydrogen-bond donors (Lipinski definition) is 3. The molecule has 1 amide bonds. The predicted octanol–water partition coefficient (Wildman–Crippen LogP) is 2.96. The average Bonchev–Trinajstić information content (AvgIpc) is 2.68. The Kier molecular flexibility index (Phi) is 8.16. The lowest BCUT2D eigenvalue weighted by Crippen LogP contribution is -2.52. The monoisotopic (exact) mass is 393 g/mol. The van der Waals surface area contributed by atoms with Crippen LogP contribution < -0.4 is 25.6 Å². The number of thiocarbonyl (C=S) groups is 1. The smallest absolute Gasteiger partial charge is 0.238 e. The average molecular weight is 394 g/mol. The summed E-state index contributed by atoms with van der Waals surface area (Å²) in [6.07, 6.45) is 4.51. The maximum absolute atomic E-state index is 12.1. The zero-order valence-electron chi connectivity index (χ0n) is 16.6. The molecule has 1 aromatic carbocycles. The molecule has 6 nitrogen and oxygen atoms in total. The molecule has 0 spiro atoms. The highest BCUT2D eigenvalue weighted by atomic mass is 32.1. The maximum Gasteiger partial charge on any atom is 0.238 e. The lowest BCUT2D eigenvalue weighted by Gasteiger charge is -2.35. The van der Waals surface area contributed by atoms with Crippen molar-refractivity contribution in [2.24, 2.45) is 11.8 Å². The molecule has 0 aliphatic heterocycles. The van der Waals surface area contributed by atoms with Crippen molar-refractivity contribution >= 4 is 23.2 Å². The molecule has 7 heteroatoms. The second-order valence-electron chi connectivity index (χ2n) is 7.24. The molecule has 0 saturated heterocycles. The Bertz CT molecular complexity index is 631. The fourth-order valence-electron chi connectivity index (χ4n) is 3.45. The van der Waals surface area contributed by atoms with Crippen LogP contribution >= 0.6 is 12.2 Å². The Morgan fingerprint density at radius 3 is 2.41 bits per heavy atom. The SMILES string of the molecule is COc1cc(CCC(=O)NNC(=S)N[C@H]2CCC[C@H](C)[C@H]2C)cc(OC)c1. The van der Waals surface area contributed by atoms with Crippen molar-refractivity contribution < 1.29 is 14.3 Å². The highest BCUT2D eigenvalue weighted by molar-refractivity contribution is 7.80. The van der Waals surface area contributed by atoms with Gasteiger partial charge in [0.1, 0.15) is 11.5 Å². The number of carbonyl (C=O) groups is 1. The lowest BCUT2D eigenvalue weighted by molar-refractivity contribution is -0.121. The van der Waals surface area contributed by atoms with Gasteiger partial charge in [0.05, 0.1) is 14.2 Å². The third-order valence-electron chi connectivity index (χ3n) is 5.39. The Morgan fingerprint density at radius 2 is 1.78 bits per heavy atom. The summed E-state index contributed by atoms with van der Waals surface area (Å²) in [6.45, 7) is 4.54. The number of nitrogens with one attached hydrogen (secondary N) is 3. The van der Waals surface area contributed by atoms with Crippen molar-refractivity contribution in [3.05, 3.63) is 23.8 Å². The van der Waals surface area contributed by atoms with Crippen LogP contribution in [-0.2, 0) is 11.2 Å². The Hall–Kier alpha value is -2.02. The fraction of sp³-hybridized carbons (Fsp3) is 0.600. The number of rotatable bonds is 6. The van der Waals surface area contributed by atoms with E-state index in [9.17, 15) is 4.79 Å². The van der Waals surface area contributed by atoms with Crippen LogP contribution in [0.25, 0.3) is 0 Å². The van der Waals surface area contributed by atoms with Gasteiger partial charge in [0.2, 0.25) is 5.91 Å². The van der Waals surface area contributed by atoms with Gasteiger partial charge in [-0.25, -0.2) is 0 Å². The molecule has 0 aromatic heterocycles. The second-order valence-corrected chi connectivity index (χ2v) is 7.65. The lowest BCUT2D eigenvalue weighted by atomic mass is 9.78. The number of aryl methyl sites for hydroxylation is 1. The minimum Gasteiger partial charge on any atom is -0.497 e. The van der Waals surface area contributed by atoms with E-state index in [4.69, 9.17) is 21.7 Å². The van der Waals surface area contributed by atoms with Gasteiger partial charge in [-0.05, 0) is 54.6 Å². The van der Waals surface area contributed by atoms with Crippen LogP contribution in [0, 0.1) is 11.8 Å². The van der Waals surface area contributed by atoms with E-state index in [0.717, 1.165) is 12.0 Å². The molecule has 3 N–H and O–H groups in total. The van der Waals surface area contributed by atoms with Gasteiger partial charge in [0.15, 0.2) is 5.11 Å². The van der Waals surface area contributed by atoms with Crippen LogP contribution in [0.5, 0.6) is 11.5 Å². The van der Waals surface area contributed by atoms with Crippen LogP contribution in [0.15, 0.2) is 18.2 Å². The number of hydrogen-bond acceptors (Lipinski definition) is 4. The third kappa shape index (κ3) is 6.57. The van der Waals surface area contributed by atoms with E-state index in [-0.39, 0.29) is 5.91 Å². The highest BCUT2D eigenvalue weighted by Crippen LogP contribution is 2.29. The first-order chi connectivity index (χ1) is 12.9. The molecule has 0 radical (unpaired) electrons. The molecule has 27 heavy (non-hydrogen) atoms. The molecule has 1 saturated carbocycles. The largest absolute Gasteiger partial charge is 0.497 e. The number of ether oxygens (including phenoxy) is 2. The molecule has 0 heterocycles. The summed E-state index contributed by atoms with van der Waals surface area (Å²) in [5.74, 6) is 2.56. The molecule has 0 bridgehead atoms. The third-order valence-corrected chi connectivity index (χ3v) is 5.61. The van der Waals surface area contributed by atoms with E-state index in [1.807, 2.05) is 18.2 Å². The van der Waals surface area contributed by atoms with Crippen LogP contribution in [0.1, 0.15) is 45.1 Å². The van der Waals surface area contributed by atoms with Crippen LogP contribution in [0.4, 0.5) is 0 Å². The van der Waals surface area contributed by atoms with Gasteiger partial charge >= 0.3 is 0 Å². The van der Waals surface area contributed by atoms with E-state index in [0.29, 0.717) is 47.3 Å². The number of methoxy groups -OCH3 is 2. The van der Waals surface area contributed by atoms with Gasteiger partial charge in [-0.2, -0.15) is 0 Å². The topological polar surface area (TPSA) is 71.6 Å². The minimum absolute atomic E-state index is 0.119. The molecular formula is C20H31N3O3S. The summed E-state index contributed by atoms with van der Waals surface area (Å²) in [6, 6.07) is 5.97. The van der Waals surface area contributed by atoms with Crippen molar-refractivity contribution in [2.75, 3.05) is 14.2 Å².